The van der Waals surface area contributed by atoms with Crippen molar-refractivity contribution in [3.05, 3.63) is 65.2 Å². The van der Waals surface area contributed by atoms with Crippen molar-refractivity contribution in [3.8, 4) is 0 Å². The van der Waals surface area contributed by atoms with E-state index in [2.05, 4.69) is 53.4 Å². The number of hydrogen-bond donors (Lipinski definition) is 1. The first kappa shape index (κ1) is 12.2. The third kappa shape index (κ3) is 2.49. The molecule has 2 aromatic carbocycles. The van der Waals surface area contributed by atoms with Gasteiger partial charge in [0, 0.05) is 24.8 Å². The van der Waals surface area contributed by atoms with Crippen LogP contribution in [0.1, 0.15) is 29.7 Å². The number of nitrogens with zero attached hydrogens (tertiary/aromatic N) is 1. The molecule has 2 N–H and O–H groups in total. The summed E-state index contributed by atoms with van der Waals surface area (Å²) in [6.45, 7) is 4.14. The fourth-order valence-electron chi connectivity index (χ4n) is 2.74. The van der Waals surface area contributed by atoms with Gasteiger partial charge in [0.15, 0.2) is 0 Å². The molecular weight excluding hydrogens is 232 g/mol. The second kappa shape index (κ2) is 5.06. The maximum absolute atomic E-state index is 5.95. The summed E-state index contributed by atoms with van der Waals surface area (Å²) >= 11 is 0. The van der Waals surface area contributed by atoms with Crippen LogP contribution < -0.4 is 10.6 Å². The molecular formula is C17H20N2. The minimum Gasteiger partial charge on any atom is -0.367 e. The molecule has 3 rings (SSSR count). The zero-order valence-corrected chi connectivity index (χ0v) is 11.3. The highest BCUT2D eigenvalue weighted by Crippen LogP contribution is 2.31. The predicted octanol–water partition coefficient (Wildman–Crippen LogP) is 3.27. The molecule has 0 aliphatic carbocycles. The molecule has 0 saturated heterocycles. The topological polar surface area (TPSA) is 29.3 Å². The Morgan fingerprint density at radius 3 is 2.68 bits per heavy atom. The van der Waals surface area contributed by atoms with Gasteiger partial charge in [-0.05, 0) is 36.1 Å². The third-order valence-corrected chi connectivity index (χ3v) is 3.84. The van der Waals surface area contributed by atoms with E-state index in [0.717, 1.165) is 19.5 Å². The van der Waals surface area contributed by atoms with Crippen LogP contribution in [0.3, 0.4) is 0 Å². The van der Waals surface area contributed by atoms with Gasteiger partial charge in [0.05, 0.1) is 0 Å². The zero-order valence-electron chi connectivity index (χ0n) is 11.3. The van der Waals surface area contributed by atoms with Crippen LogP contribution in [-0.4, -0.2) is 6.54 Å². The average molecular weight is 252 g/mol. The molecule has 0 saturated carbocycles. The van der Waals surface area contributed by atoms with Crippen LogP contribution in [0.25, 0.3) is 0 Å². The summed E-state index contributed by atoms with van der Waals surface area (Å²) in [5, 5.41) is 0. The third-order valence-electron chi connectivity index (χ3n) is 3.84. The average Bonchev–Trinajstić information content (AvgIpc) is 2.82. The molecule has 0 amide bonds. The van der Waals surface area contributed by atoms with Crippen LogP contribution in [0.2, 0.25) is 0 Å². The van der Waals surface area contributed by atoms with Gasteiger partial charge >= 0.3 is 0 Å². The van der Waals surface area contributed by atoms with E-state index in [-0.39, 0.29) is 6.04 Å². The molecule has 0 fully saturated rings. The van der Waals surface area contributed by atoms with Crippen molar-refractivity contribution in [1.29, 1.82) is 0 Å². The Morgan fingerprint density at radius 2 is 1.95 bits per heavy atom. The lowest BCUT2D eigenvalue weighted by Crippen LogP contribution is -2.19. The molecule has 0 spiro atoms. The van der Waals surface area contributed by atoms with Gasteiger partial charge in [-0.15, -0.1) is 0 Å². The quantitative estimate of drug-likeness (QED) is 0.908. The molecule has 1 heterocycles. The molecule has 0 bridgehead atoms. The summed E-state index contributed by atoms with van der Waals surface area (Å²) in [6, 6.07) is 17.4. The van der Waals surface area contributed by atoms with Crippen molar-refractivity contribution < 1.29 is 0 Å². The van der Waals surface area contributed by atoms with Gasteiger partial charge in [-0.25, -0.2) is 0 Å². The Bertz CT molecular complexity index is 561. The van der Waals surface area contributed by atoms with Crippen molar-refractivity contribution in [2.24, 2.45) is 5.73 Å². The molecule has 1 unspecified atom stereocenters. The Morgan fingerprint density at radius 1 is 1.16 bits per heavy atom. The van der Waals surface area contributed by atoms with Gasteiger partial charge in [0.2, 0.25) is 0 Å². The molecule has 0 aromatic heterocycles. The second-order valence-corrected chi connectivity index (χ2v) is 5.33. The highest BCUT2D eigenvalue weighted by atomic mass is 15.1. The van der Waals surface area contributed by atoms with E-state index in [1.165, 1.54) is 22.4 Å². The molecule has 19 heavy (non-hydrogen) atoms. The first-order valence-corrected chi connectivity index (χ1v) is 6.91. The summed E-state index contributed by atoms with van der Waals surface area (Å²) in [5.41, 5.74) is 11.4. The standard InChI is InChI=1S/C17H20N2/c1-13(18)15-7-8-17-16(11-15)9-10-19(17)12-14-5-3-2-4-6-14/h2-8,11,13H,9-10,12,18H2,1H3. The molecule has 1 atom stereocenters. The van der Waals surface area contributed by atoms with Crippen LogP contribution in [0, 0.1) is 0 Å². The van der Waals surface area contributed by atoms with Gasteiger partial charge in [-0.2, -0.15) is 0 Å². The molecule has 2 heteroatoms. The van der Waals surface area contributed by atoms with Gasteiger partial charge < -0.3 is 10.6 Å². The van der Waals surface area contributed by atoms with Gasteiger partial charge in [0.25, 0.3) is 0 Å². The van der Waals surface area contributed by atoms with Crippen LogP contribution in [0.4, 0.5) is 5.69 Å². The van der Waals surface area contributed by atoms with E-state index in [1.54, 1.807) is 0 Å². The van der Waals surface area contributed by atoms with E-state index >= 15 is 0 Å². The summed E-state index contributed by atoms with van der Waals surface area (Å²) in [7, 11) is 0. The number of fused-ring (bicyclic) bond motifs is 1. The molecule has 1 aliphatic rings. The number of anilines is 1. The predicted molar refractivity (Wildman–Crippen MR) is 80.2 cm³/mol. The highest BCUT2D eigenvalue weighted by molar-refractivity contribution is 5.59. The summed E-state index contributed by atoms with van der Waals surface area (Å²) in [6.07, 6.45) is 1.13. The maximum atomic E-state index is 5.95. The smallest absolute Gasteiger partial charge is 0.0429 e. The van der Waals surface area contributed by atoms with E-state index in [0.29, 0.717) is 0 Å². The Hall–Kier alpha value is -1.80. The summed E-state index contributed by atoms with van der Waals surface area (Å²) < 4.78 is 0. The SMILES string of the molecule is CC(N)c1ccc2c(c1)CCN2Cc1ccccc1. The number of hydrogen-bond acceptors (Lipinski definition) is 2. The van der Waals surface area contributed by atoms with Crippen LogP contribution in [0.5, 0.6) is 0 Å². The van der Waals surface area contributed by atoms with Gasteiger partial charge in [-0.3, -0.25) is 0 Å². The monoisotopic (exact) mass is 252 g/mol. The minimum atomic E-state index is 0.119. The normalized spacial score (nSPS) is 15.4. The van der Waals surface area contributed by atoms with E-state index in [4.69, 9.17) is 5.73 Å². The number of nitrogens with two attached hydrogens (primary N) is 1. The lowest BCUT2D eigenvalue weighted by molar-refractivity contribution is 0.816. The molecule has 2 nitrogen and oxygen atoms in total. The maximum Gasteiger partial charge on any atom is 0.0429 e. The van der Waals surface area contributed by atoms with E-state index < -0.39 is 0 Å². The lowest BCUT2D eigenvalue weighted by atomic mass is 10.0. The Labute approximate surface area is 114 Å². The molecule has 2 aromatic rings. The first-order valence-electron chi connectivity index (χ1n) is 6.91. The van der Waals surface area contributed by atoms with Crippen LogP contribution in [0.15, 0.2) is 48.5 Å². The van der Waals surface area contributed by atoms with Gasteiger partial charge in [-0.1, -0.05) is 42.5 Å². The minimum absolute atomic E-state index is 0.119. The first-order chi connectivity index (χ1) is 9.24. The van der Waals surface area contributed by atoms with Crippen LogP contribution >= 0.6 is 0 Å². The summed E-state index contributed by atoms with van der Waals surface area (Å²) in [4.78, 5) is 2.45. The van der Waals surface area contributed by atoms with Crippen molar-refractivity contribution in [1.82, 2.24) is 0 Å². The fourth-order valence-corrected chi connectivity index (χ4v) is 2.74. The second-order valence-electron chi connectivity index (χ2n) is 5.33. The Kier molecular flexibility index (Phi) is 3.26. The highest BCUT2D eigenvalue weighted by Gasteiger charge is 2.19. The molecule has 0 radical (unpaired) electrons. The van der Waals surface area contributed by atoms with Crippen molar-refractivity contribution in [3.63, 3.8) is 0 Å². The van der Waals surface area contributed by atoms with E-state index in [9.17, 15) is 0 Å². The fraction of sp³-hybridized carbons (Fsp3) is 0.294. The summed E-state index contributed by atoms with van der Waals surface area (Å²) in [5.74, 6) is 0. The van der Waals surface area contributed by atoms with Crippen molar-refractivity contribution in [2.75, 3.05) is 11.4 Å². The zero-order chi connectivity index (χ0) is 13.2. The van der Waals surface area contributed by atoms with Gasteiger partial charge in [0.1, 0.15) is 0 Å². The lowest BCUT2D eigenvalue weighted by Gasteiger charge is -2.20. The molecule has 98 valence electrons. The largest absolute Gasteiger partial charge is 0.367 e. The van der Waals surface area contributed by atoms with Crippen molar-refractivity contribution >= 4 is 5.69 Å². The van der Waals surface area contributed by atoms with E-state index in [1.807, 2.05) is 6.92 Å². The molecule has 1 aliphatic heterocycles. The van der Waals surface area contributed by atoms with Crippen LogP contribution in [-0.2, 0) is 13.0 Å². The Balaban J connectivity index is 1.83. The van der Waals surface area contributed by atoms with Crippen molar-refractivity contribution in [2.45, 2.75) is 25.9 Å². The number of benzene rings is 2. The number of rotatable bonds is 3.